The molecule has 1 aliphatic carbocycles. The number of hydrogen-bond acceptors (Lipinski definition) is 2. The van der Waals surface area contributed by atoms with Crippen molar-refractivity contribution in [2.24, 2.45) is 0 Å². The maximum Gasteiger partial charge on any atom is 0.406 e. The number of carboxylic acids is 1. The number of nitrogens with one attached hydrogen (secondary N) is 1. The second-order valence-electron chi connectivity index (χ2n) is 4.85. The summed E-state index contributed by atoms with van der Waals surface area (Å²) < 4.78 is 36.5. The molecule has 1 rings (SSSR count). The van der Waals surface area contributed by atoms with Gasteiger partial charge in [0.15, 0.2) is 0 Å². The Morgan fingerprint density at radius 1 is 1.26 bits per heavy atom. The fourth-order valence-corrected chi connectivity index (χ4v) is 2.19. The highest BCUT2D eigenvalue weighted by Gasteiger charge is 2.42. The van der Waals surface area contributed by atoms with Gasteiger partial charge in [-0.2, -0.15) is 13.2 Å². The van der Waals surface area contributed by atoms with E-state index < -0.39 is 30.3 Å². The molecule has 0 aromatic rings. The molecule has 0 saturated heterocycles. The Labute approximate surface area is 108 Å². The van der Waals surface area contributed by atoms with Crippen molar-refractivity contribution in [1.29, 1.82) is 0 Å². The van der Waals surface area contributed by atoms with Gasteiger partial charge in [-0.3, -0.25) is 0 Å². The Morgan fingerprint density at radius 2 is 1.79 bits per heavy atom. The van der Waals surface area contributed by atoms with Crippen molar-refractivity contribution in [1.82, 2.24) is 10.2 Å². The maximum atomic E-state index is 12.2. The molecule has 1 aliphatic rings. The number of amides is 2. The molecule has 0 radical (unpaired) electrons. The highest BCUT2D eigenvalue weighted by molar-refractivity contribution is 5.86. The van der Waals surface area contributed by atoms with Crippen molar-refractivity contribution in [3.05, 3.63) is 0 Å². The van der Waals surface area contributed by atoms with E-state index in [1.165, 1.54) is 0 Å². The lowest BCUT2D eigenvalue weighted by Crippen LogP contribution is -2.58. The van der Waals surface area contributed by atoms with Gasteiger partial charge in [0.2, 0.25) is 0 Å². The summed E-state index contributed by atoms with van der Waals surface area (Å²) in [6.07, 6.45) is -1.88. The van der Waals surface area contributed by atoms with Crippen molar-refractivity contribution in [3.63, 3.8) is 0 Å². The Kier molecular flexibility index (Phi) is 4.65. The van der Waals surface area contributed by atoms with E-state index in [4.69, 9.17) is 0 Å². The predicted octanol–water partition coefficient (Wildman–Crippen LogP) is 1.98. The molecule has 1 saturated carbocycles. The second kappa shape index (κ2) is 5.66. The van der Waals surface area contributed by atoms with Crippen LogP contribution in [0.1, 0.15) is 32.1 Å². The predicted molar refractivity (Wildman–Crippen MR) is 60.7 cm³/mol. The SMILES string of the molecule is CN(CC(F)(F)F)C(=O)NC1(C(=O)O)CCCCC1. The van der Waals surface area contributed by atoms with E-state index in [0.717, 1.165) is 13.5 Å². The Balaban J connectivity index is 2.69. The molecule has 1 fully saturated rings. The molecule has 0 unspecified atom stereocenters. The summed E-state index contributed by atoms with van der Waals surface area (Å²) >= 11 is 0. The van der Waals surface area contributed by atoms with Crippen molar-refractivity contribution in [2.75, 3.05) is 13.6 Å². The van der Waals surface area contributed by atoms with Crippen molar-refractivity contribution >= 4 is 12.0 Å². The number of hydrogen-bond donors (Lipinski definition) is 2. The number of halogens is 3. The zero-order valence-electron chi connectivity index (χ0n) is 10.6. The summed E-state index contributed by atoms with van der Waals surface area (Å²) in [7, 11) is 0.987. The van der Waals surface area contributed by atoms with Crippen LogP contribution < -0.4 is 5.32 Å². The van der Waals surface area contributed by atoms with Crippen LogP contribution in [0.2, 0.25) is 0 Å². The maximum absolute atomic E-state index is 12.2. The molecule has 8 heteroatoms. The standard InChI is InChI=1S/C11H17F3N2O3/c1-16(7-11(12,13)14)9(19)15-10(8(17)18)5-3-2-4-6-10/h2-7H2,1H3,(H,15,19)(H,17,18). The van der Waals surface area contributed by atoms with Gasteiger partial charge in [-0.1, -0.05) is 19.3 Å². The Bertz CT molecular complexity index is 352. The molecule has 0 aromatic carbocycles. The average molecular weight is 282 g/mol. The van der Waals surface area contributed by atoms with Gasteiger partial charge in [0.05, 0.1) is 0 Å². The van der Waals surface area contributed by atoms with Crippen molar-refractivity contribution < 1.29 is 27.9 Å². The smallest absolute Gasteiger partial charge is 0.406 e. The van der Waals surface area contributed by atoms with Crippen LogP contribution in [0.4, 0.5) is 18.0 Å². The van der Waals surface area contributed by atoms with Crippen LogP contribution >= 0.6 is 0 Å². The summed E-state index contributed by atoms with van der Waals surface area (Å²) in [6, 6.07) is -1.01. The number of alkyl halides is 3. The second-order valence-corrected chi connectivity index (χ2v) is 4.85. The van der Waals surface area contributed by atoms with Gasteiger partial charge in [-0.15, -0.1) is 0 Å². The summed E-state index contributed by atoms with van der Waals surface area (Å²) in [6.45, 7) is -1.41. The van der Waals surface area contributed by atoms with Crippen LogP contribution in [-0.4, -0.2) is 47.3 Å². The Hall–Kier alpha value is -1.47. The van der Waals surface area contributed by atoms with Gasteiger partial charge in [0.1, 0.15) is 12.1 Å². The van der Waals surface area contributed by atoms with E-state index >= 15 is 0 Å². The fourth-order valence-electron chi connectivity index (χ4n) is 2.19. The molecular weight excluding hydrogens is 265 g/mol. The minimum Gasteiger partial charge on any atom is -0.480 e. The van der Waals surface area contributed by atoms with E-state index in [1.807, 2.05) is 0 Å². The summed E-state index contributed by atoms with van der Waals surface area (Å²) in [5, 5.41) is 11.4. The first-order valence-electron chi connectivity index (χ1n) is 6.00. The quantitative estimate of drug-likeness (QED) is 0.831. The molecule has 0 atom stereocenters. The third kappa shape index (κ3) is 4.29. The lowest BCUT2D eigenvalue weighted by molar-refractivity contribution is -0.146. The molecule has 2 N–H and O–H groups in total. The summed E-state index contributed by atoms with van der Waals surface area (Å²) in [4.78, 5) is 23.4. The number of urea groups is 1. The largest absolute Gasteiger partial charge is 0.480 e. The topological polar surface area (TPSA) is 69.6 Å². The molecule has 5 nitrogen and oxygen atoms in total. The third-order valence-electron chi connectivity index (χ3n) is 3.23. The van der Waals surface area contributed by atoms with Crippen molar-refractivity contribution in [3.8, 4) is 0 Å². The normalized spacial score (nSPS) is 18.7. The zero-order valence-corrected chi connectivity index (χ0v) is 10.6. The van der Waals surface area contributed by atoms with Crippen LogP contribution in [0.3, 0.4) is 0 Å². The van der Waals surface area contributed by atoms with Gasteiger partial charge in [-0.05, 0) is 12.8 Å². The monoisotopic (exact) mass is 282 g/mol. The molecule has 2 amide bonds. The zero-order chi connectivity index (χ0) is 14.7. The van der Waals surface area contributed by atoms with Crippen LogP contribution in [0.25, 0.3) is 0 Å². The number of carbonyl (C=O) groups excluding carboxylic acids is 1. The van der Waals surface area contributed by atoms with E-state index in [0.29, 0.717) is 17.7 Å². The minimum atomic E-state index is -4.50. The highest BCUT2D eigenvalue weighted by atomic mass is 19.4. The molecule has 0 bridgehead atoms. The average Bonchev–Trinajstić information content (AvgIpc) is 2.27. The lowest BCUT2D eigenvalue weighted by Gasteiger charge is -2.35. The highest BCUT2D eigenvalue weighted by Crippen LogP contribution is 2.28. The number of carbonyl (C=O) groups is 2. The van der Waals surface area contributed by atoms with E-state index in [9.17, 15) is 27.9 Å². The fraction of sp³-hybridized carbons (Fsp3) is 0.818. The number of aliphatic carboxylic acids is 1. The van der Waals surface area contributed by atoms with E-state index in [2.05, 4.69) is 5.32 Å². The van der Waals surface area contributed by atoms with E-state index in [-0.39, 0.29) is 12.8 Å². The molecule has 0 spiro atoms. The molecule has 110 valence electrons. The van der Waals surface area contributed by atoms with Crippen LogP contribution in [0.15, 0.2) is 0 Å². The van der Waals surface area contributed by atoms with Gasteiger partial charge >= 0.3 is 18.2 Å². The van der Waals surface area contributed by atoms with E-state index in [1.54, 1.807) is 0 Å². The molecular formula is C11H17F3N2O3. The summed E-state index contributed by atoms with van der Waals surface area (Å²) in [5.74, 6) is -1.19. The molecule has 19 heavy (non-hydrogen) atoms. The van der Waals surface area contributed by atoms with Crippen LogP contribution in [-0.2, 0) is 4.79 Å². The number of nitrogens with zero attached hydrogens (tertiary/aromatic N) is 1. The first-order chi connectivity index (χ1) is 8.66. The van der Waals surface area contributed by atoms with Gasteiger partial charge < -0.3 is 15.3 Å². The van der Waals surface area contributed by atoms with Gasteiger partial charge in [0.25, 0.3) is 0 Å². The number of carboxylic acid groups (broad SMARTS) is 1. The summed E-state index contributed by atoms with van der Waals surface area (Å²) in [5.41, 5.74) is -1.44. The first kappa shape index (κ1) is 15.6. The minimum absolute atomic E-state index is 0.244. The Morgan fingerprint density at radius 3 is 2.21 bits per heavy atom. The van der Waals surface area contributed by atoms with Crippen LogP contribution in [0.5, 0.6) is 0 Å². The molecule has 0 aromatic heterocycles. The third-order valence-corrected chi connectivity index (χ3v) is 3.23. The van der Waals surface area contributed by atoms with Crippen molar-refractivity contribution in [2.45, 2.75) is 43.8 Å². The lowest BCUT2D eigenvalue weighted by atomic mass is 9.82. The molecule has 0 aliphatic heterocycles. The van der Waals surface area contributed by atoms with Gasteiger partial charge in [0, 0.05) is 7.05 Å². The van der Waals surface area contributed by atoms with Gasteiger partial charge in [-0.25, -0.2) is 9.59 Å². The number of rotatable bonds is 3. The van der Waals surface area contributed by atoms with Crippen LogP contribution in [0, 0.1) is 0 Å². The first-order valence-corrected chi connectivity index (χ1v) is 6.00. The molecule has 0 heterocycles.